The number of hydrogen-bond donors (Lipinski definition) is 2. The third-order valence-electron chi connectivity index (χ3n) is 2.65. The van der Waals surface area contributed by atoms with Gasteiger partial charge in [0, 0.05) is 22.4 Å². The maximum absolute atomic E-state index is 11.3. The molecule has 0 unspecified atom stereocenters. The van der Waals surface area contributed by atoms with Gasteiger partial charge in [0.15, 0.2) is 0 Å². The molecular formula is C9H8BrNO4S. The van der Waals surface area contributed by atoms with Crippen LogP contribution in [0.3, 0.4) is 0 Å². The second-order valence-electron chi connectivity index (χ2n) is 3.62. The summed E-state index contributed by atoms with van der Waals surface area (Å²) in [5, 5.41) is 19.8. The van der Waals surface area contributed by atoms with Crippen molar-refractivity contribution in [3.63, 3.8) is 0 Å². The molecule has 86 valence electrons. The minimum Gasteiger partial charge on any atom is -0.480 e. The van der Waals surface area contributed by atoms with Crippen LogP contribution in [0.2, 0.25) is 0 Å². The minimum atomic E-state index is -1.08. The first kappa shape index (κ1) is 11.4. The fourth-order valence-corrected chi connectivity index (χ4v) is 3.68. The average molecular weight is 306 g/mol. The van der Waals surface area contributed by atoms with Gasteiger partial charge in [0.05, 0.1) is 0 Å². The summed E-state index contributed by atoms with van der Waals surface area (Å²) in [5.41, 5.74) is -1.08. The highest BCUT2D eigenvalue weighted by molar-refractivity contribution is 9.10. The highest BCUT2D eigenvalue weighted by atomic mass is 79.9. The molecule has 1 aliphatic rings. The number of carbonyl (C=O) groups is 2. The van der Waals surface area contributed by atoms with E-state index in [1.807, 2.05) is 0 Å². The quantitative estimate of drug-likeness (QED) is 0.874. The standard InChI is InChI=1S/C9H8BrNO4S/c10-5-1-2-16-6(5)9(7(12)13)3-11(4-9)8(14)15/h1-2H,3-4H2,(H,12,13)(H,14,15). The van der Waals surface area contributed by atoms with Crippen molar-refractivity contribution >= 4 is 39.3 Å². The van der Waals surface area contributed by atoms with E-state index in [1.165, 1.54) is 11.3 Å². The van der Waals surface area contributed by atoms with Gasteiger partial charge < -0.3 is 15.1 Å². The molecule has 1 aliphatic heterocycles. The molecule has 0 radical (unpaired) electrons. The highest BCUT2D eigenvalue weighted by Crippen LogP contribution is 2.41. The summed E-state index contributed by atoms with van der Waals surface area (Å²) in [6, 6.07) is 1.77. The van der Waals surface area contributed by atoms with Crippen LogP contribution in [-0.2, 0) is 10.2 Å². The fraction of sp³-hybridized carbons (Fsp3) is 0.333. The molecule has 2 N–H and O–H groups in total. The molecule has 5 nitrogen and oxygen atoms in total. The number of thiophene rings is 1. The van der Waals surface area contributed by atoms with Crippen LogP contribution in [-0.4, -0.2) is 40.3 Å². The second-order valence-corrected chi connectivity index (χ2v) is 5.39. The van der Waals surface area contributed by atoms with Crippen molar-refractivity contribution in [1.82, 2.24) is 4.90 Å². The van der Waals surface area contributed by atoms with Crippen molar-refractivity contribution in [2.45, 2.75) is 5.41 Å². The van der Waals surface area contributed by atoms with Crippen LogP contribution < -0.4 is 0 Å². The topological polar surface area (TPSA) is 77.8 Å². The summed E-state index contributed by atoms with van der Waals surface area (Å²) in [6.07, 6.45) is -1.08. The lowest BCUT2D eigenvalue weighted by molar-refractivity contribution is -0.149. The summed E-state index contributed by atoms with van der Waals surface area (Å²) in [4.78, 5) is 23.7. The molecule has 7 heteroatoms. The van der Waals surface area contributed by atoms with Crippen LogP contribution in [0.25, 0.3) is 0 Å². The maximum atomic E-state index is 11.3. The van der Waals surface area contributed by atoms with Crippen LogP contribution in [0.15, 0.2) is 15.9 Å². The number of nitrogens with zero attached hydrogens (tertiary/aromatic N) is 1. The van der Waals surface area contributed by atoms with E-state index in [9.17, 15) is 14.7 Å². The summed E-state index contributed by atoms with van der Waals surface area (Å²) < 4.78 is 0.727. The van der Waals surface area contributed by atoms with Crippen LogP contribution in [0.1, 0.15) is 4.88 Å². The molecule has 0 aliphatic carbocycles. The lowest BCUT2D eigenvalue weighted by Gasteiger charge is -2.45. The molecule has 0 saturated carbocycles. The molecule has 0 atom stereocenters. The van der Waals surface area contributed by atoms with Crippen molar-refractivity contribution in [3.8, 4) is 0 Å². The van der Waals surface area contributed by atoms with Crippen LogP contribution >= 0.6 is 27.3 Å². The predicted molar refractivity (Wildman–Crippen MR) is 60.9 cm³/mol. The van der Waals surface area contributed by atoms with E-state index in [0.29, 0.717) is 4.88 Å². The molecule has 16 heavy (non-hydrogen) atoms. The van der Waals surface area contributed by atoms with Crippen molar-refractivity contribution in [3.05, 3.63) is 20.8 Å². The van der Waals surface area contributed by atoms with Gasteiger partial charge in [-0.05, 0) is 27.4 Å². The van der Waals surface area contributed by atoms with Gasteiger partial charge in [0.2, 0.25) is 0 Å². The lowest BCUT2D eigenvalue weighted by Crippen LogP contribution is -2.64. The van der Waals surface area contributed by atoms with Crippen molar-refractivity contribution < 1.29 is 19.8 Å². The first-order valence-electron chi connectivity index (χ1n) is 4.42. The molecule has 2 heterocycles. The SMILES string of the molecule is O=C(O)N1CC(C(=O)O)(c2sccc2Br)C1. The zero-order valence-corrected chi connectivity index (χ0v) is 10.4. The Morgan fingerprint density at radius 3 is 2.44 bits per heavy atom. The molecule has 0 aromatic carbocycles. The molecule has 1 fully saturated rings. The van der Waals surface area contributed by atoms with Gasteiger partial charge >= 0.3 is 12.1 Å². The second kappa shape index (κ2) is 3.74. The van der Waals surface area contributed by atoms with Gasteiger partial charge in [-0.2, -0.15) is 0 Å². The smallest absolute Gasteiger partial charge is 0.407 e. The van der Waals surface area contributed by atoms with Crippen molar-refractivity contribution in [2.24, 2.45) is 0 Å². The zero-order valence-electron chi connectivity index (χ0n) is 8.01. The number of halogens is 1. The third kappa shape index (κ3) is 1.51. The molecule has 1 aromatic heterocycles. The number of rotatable bonds is 2. The van der Waals surface area contributed by atoms with Crippen LogP contribution in [0.5, 0.6) is 0 Å². The van der Waals surface area contributed by atoms with E-state index in [4.69, 9.17) is 5.11 Å². The third-order valence-corrected chi connectivity index (χ3v) is 4.70. The Labute approximate surface area is 103 Å². The molecule has 2 rings (SSSR count). The van der Waals surface area contributed by atoms with E-state index in [2.05, 4.69) is 15.9 Å². The first-order valence-corrected chi connectivity index (χ1v) is 6.09. The summed E-state index contributed by atoms with van der Waals surface area (Å²) >= 11 is 4.61. The van der Waals surface area contributed by atoms with Crippen LogP contribution in [0.4, 0.5) is 4.79 Å². The molecule has 1 saturated heterocycles. The van der Waals surface area contributed by atoms with E-state index >= 15 is 0 Å². The minimum absolute atomic E-state index is 0.0107. The van der Waals surface area contributed by atoms with Gasteiger partial charge in [0.1, 0.15) is 5.41 Å². The maximum Gasteiger partial charge on any atom is 0.407 e. The fourth-order valence-electron chi connectivity index (χ4n) is 1.75. The Morgan fingerprint density at radius 1 is 1.44 bits per heavy atom. The van der Waals surface area contributed by atoms with Crippen LogP contribution in [0, 0.1) is 0 Å². The largest absolute Gasteiger partial charge is 0.480 e. The van der Waals surface area contributed by atoms with Crippen molar-refractivity contribution in [2.75, 3.05) is 13.1 Å². The summed E-state index contributed by atoms with van der Waals surface area (Å²) in [6.45, 7) is 0.0214. The van der Waals surface area contributed by atoms with Gasteiger partial charge in [-0.15, -0.1) is 11.3 Å². The number of amides is 1. The molecule has 1 amide bonds. The number of hydrogen-bond acceptors (Lipinski definition) is 3. The first-order chi connectivity index (χ1) is 7.47. The van der Waals surface area contributed by atoms with E-state index in [-0.39, 0.29) is 13.1 Å². The molecule has 0 bridgehead atoms. The van der Waals surface area contributed by atoms with Gasteiger partial charge in [0.25, 0.3) is 0 Å². The number of carboxylic acids is 1. The monoisotopic (exact) mass is 305 g/mol. The summed E-state index contributed by atoms with van der Waals surface area (Å²) in [5.74, 6) is -0.979. The predicted octanol–water partition coefficient (Wildman–Crippen LogP) is 1.83. The Bertz CT molecular complexity index is 452. The Kier molecular flexibility index (Phi) is 2.67. The average Bonchev–Trinajstić information content (AvgIpc) is 2.49. The Hall–Kier alpha value is -1.08. The number of carboxylic acid groups (broad SMARTS) is 2. The lowest BCUT2D eigenvalue weighted by atomic mass is 9.78. The molecule has 0 spiro atoms. The molecule has 1 aromatic rings. The number of likely N-dealkylation sites (tertiary alicyclic amines) is 1. The Morgan fingerprint density at radius 2 is 2.06 bits per heavy atom. The van der Waals surface area contributed by atoms with Gasteiger partial charge in [-0.25, -0.2) is 4.79 Å². The normalized spacial score (nSPS) is 17.9. The van der Waals surface area contributed by atoms with E-state index in [1.54, 1.807) is 11.4 Å². The molecular weight excluding hydrogens is 298 g/mol. The van der Waals surface area contributed by atoms with Gasteiger partial charge in [-0.3, -0.25) is 4.79 Å². The van der Waals surface area contributed by atoms with E-state index < -0.39 is 17.5 Å². The highest BCUT2D eigenvalue weighted by Gasteiger charge is 2.54. The Balaban J connectivity index is 2.31. The zero-order chi connectivity index (χ0) is 11.9. The van der Waals surface area contributed by atoms with Gasteiger partial charge in [-0.1, -0.05) is 0 Å². The van der Waals surface area contributed by atoms with E-state index in [0.717, 1.165) is 9.37 Å². The summed E-state index contributed by atoms with van der Waals surface area (Å²) in [7, 11) is 0. The van der Waals surface area contributed by atoms with Crippen molar-refractivity contribution in [1.29, 1.82) is 0 Å². The number of aliphatic carboxylic acids is 1.